The molecule has 2 N–H and O–H groups in total. The lowest BCUT2D eigenvalue weighted by atomic mass is 10.2. The maximum Gasteiger partial charge on any atom is 0.305 e. The van der Waals surface area contributed by atoms with Gasteiger partial charge in [0.25, 0.3) is 5.91 Å². The summed E-state index contributed by atoms with van der Waals surface area (Å²) < 4.78 is 16.8. The van der Waals surface area contributed by atoms with Gasteiger partial charge < -0.3 is 13.9 Å². The lowest BCUT2D eigenvalue weighted by Gasteiger charge is -2.05. The predicted octanol–water partition coefficient (Wildman–Crippen LogP) is 4.59. The number of nitrogens with zero attached hydrogens (tertiary/aromatic N) is 1. The third-order valence-electron chi connectivity index (χ3n) is 4.73. The monoisotopic (exact) mass is 477 g/mol. The molecule has 0 saturated carbocycles. The number of para-hydroxylation sites is 1. The van der Waals surface area contributed by atoms with Crippen LogP contribution < -0.4 is 20.3 Å². The molecule has 34 heavy (non-hydrogen) atoms. The van der Waals surface area contributed by atoms with E-state index in [-0.39, 0.29) is 19.0 Å². The Balaban J connectivity index is 1.27. The second-order valence-corrected chi connectivity index (χ2v) is 8.48. The standard InChI is InChI=1S/C25H23N3O5S/c1-16-8-10-19(11-9-16)32-15-22-26-17(2)23(34-22)25(30)28-27-24(29)21-13-12-20(33-21)14-31-18-6-4-3-5-7-18/h3-13H,14-15H2,1-2H3,(H,27,29)(H,28,30). The third kappa shape index (κ3) is 6.02. The van der Waals surface area contributed by atoms with Crippen molar-refractivity contribution in [1.29, 1.82) is 0 Å². The number of thiazole rings is 1. The molecule has 2 aromatic carbocycles. The van der Waals surface area contributed by atoms with E-state index in [0.717, 1.165) is 11.3 Å². The molecule has 9 heteroatoms. The second-order valence-electron chi connectivity index (χ2n) is 7.40. The van der Waals surface area contributed by atoms with Gasteiger partial charge in [0, 0.05) is 0 Å². The minimum atomic E-state index is -0.579. The van der Waals surface area contributed by atoms with Crippen LogP contribution in [0.5, 0.6) is 11.5 Å². The van der Waals surface area contributed by atoms with Gasteiger partial charge in [-0.2, -0.15) is 0 Å². The van der Waals surface area contributed by atoms with Gasteiger partial charge >= 0.3 is 5.91 Å². The Morgan fingerprint density at radius 1 is 0.853 bits per heavy atom. The highest BCUT2D eigenvalue weighted by Gasteiger charge is 2.18. The summed E-state index contributed by atoms with van der Waals surface area (Å²) >= 11 is 1.21. The van der Waals surface area contributed by atoms with Gasteiger partial charge in [0.15, 0.2) is 5.76 Å². The molecule has 0 radical (unpaired) electrons. The Morgan fingerprint density at radius 2 is 1.53 bits per heavy atom. The molecule has 8 nitrogen and oxygen atoms in total. The molecule has 0 spiro atoms. The van der Waals surface area contributed by atoms with Crippen molar-refractivity contribution in [3.05, 3.63) is 99.4 Å². The van der Waals surface area contributed by atoms with Crippen LogP contribution in [-0.2, 0) is 13.2 Å². The number of hydrogen-bond donors (Lipinski definition) is 2. The van der Waals surface area contributed by atoms with E-state index in [1.807, 2.05) is 61.5 Å². The molecule has 4 aromatic rings. The molecule has 2 heterocycles. The fourth-order valence-electron chi connectivity index (χ4n) is 2.98. The normalized spacial score (nSPS) is 10.5. The average molecular weight is 478 g/mol. The number of benzene rings is 2. The molecular weight excluding hydrogens is 454 g/mol. The highest BCUT2D eigenvalue weighted by Crippen LogP contribution is 2.20. The highest BCUT2D eigenvalue weighted by atomic mass is 32.1. The number of rotatable bonds is 8. The predicted molar refractivity (Wildman–Crippen MR) is 127 cm³/mol. The number of hydrazine groups is 1. The molecule has 0 unspecified atom stereocenters. The molecule has 0 saturated heterocycles. The van der Waals surface area contributed by atoms with Gasteiger partial charge in [-0.3, -0.25) is 20.4 Å². The number of hydrogen-bond acceptors (Lipinski definition) is 7. The summed E-state index contributed by atoms with van der Waals surface area (Å²) in [6.07, 6.45) is 0. The van der Waals surface area contributed by atoms with Crippen LogP contribution in [0.1, 0.15) is 42.3 Å². The first-order chi connectivity index (χ1) is 16.5. The van der Waals surface area contributed by atoms with Crippen molar-refractivity contribution in [2.24, 2.45) is 0 Å². The number of carbonyl (C=O) groups excluding carboxylic acids is 2. The lowest BCUT2D eigenvalue weighted by molar-refractivity contribution is 0.0830. The van der Waals surface area contributed by atoms with Gasteiger partial charge in [-0.15, -0.1) is 11.3 Å². The van der Waals surface area contributed by atoms with E-state index < -0.39 is 11.8 Å². The van der Waals surface area contributed by atoms with Crippen molar-refractivity contribution in [2.75, 3.05) is 0 Å². The molecule has 0 aliphatic heterocycles. The van der Waals surface area contributed by atoms with E-state index >= 15 is 0 Å². The summed E-state index contributed by atoms with van der Waals surface area (Å²) in [6, 6.07) is 20.1. The van der Waals surface area contributed by atoms with Crippen LogP contribution >= 0.6 is 11.3 Å². The number of furan rings is 1. The fourth-order valence-corrected chi connectivity index (χ4v) is 3.86. The number of amides is 2. The molecule has 0 fully saturated rings. The molecule has 2 aromatic heterocycles. The number of ether oxygens (including phenoxy) is 2. The summed E-state index contributed by atoms with van der Waals surface area (Å²) in [4.78, 5) is 29.7. The van der Waals surface area contributed by atoms with E-state index in [0.29, 0.717) is 27.1 Å². The number of aryl methyl sites for hydroxylation is 2. The second kappa shape index (κ2) is 10.7. The molecule has 2 amide bonds. The van der Waals surface area contributed by atoms with Crippen molar-refractivity contribution in [1.82, 2.24) is 15.8 Å². The van der Waals surface area contributed by atoms with E-state index in [4.69, 9.17) is 13.9 Å². The first-order valence-electron chi connectivity index (χ1n) is 10.5. The van der Waals surface area contributed by atoms with Crippen LogP contribution in [0, 0.1) is 13.8 Å². The molecule has 0 aliphatic carbocycles. The van der Waals surface area contributed by atoms with Gasteiger partial charge in [-0.25, -0.2) is 4.98 Å². The van der Waals surface area contributed by atoms with Gasteiger partial charge in [0.05, 0.1) is 5.69 Å². The zero-order valence-electron chi connectivity index (χ0n) is 18.7. The van der Waals surface area contributed by atoms with Crippen molar-refractivity contribution in [3.63, 3.8) is 0 Å². The van der Waals surface area contributed by atoms with Crippen LogP contribution in [0.15, 0.2) is 71.1 Å². The van der Waals surface area contributed by atoms with Crippen LogP contribution in [0.3, 0.4) is 0 Å². The molecule has 4 rings (SSSR count). The maximum absolute atomic E-state index is 12.5. The Hall–Kier alpha value is -4.11. The van der Waals surface area contributed by atoms with Crippen molar-refractivity contribution in [2.45, 2.75) is 27.1 Å². The zero-order chi connectivity index (χ0) is 23.9. The van der Waals surface area contributed by atoms with Gasteiger partial charge in [-0.1, -0.05) is 35.9 Å². The largest absolute Gasteiger partial charge is 0.486 e. The van der Waals surface area contributed by atoms with Gasteiger partial charge in [0.1, 0.15) is 40.4 Å². The van der Waals surface area contributed by atoms with Crippen LogP contribution in [0.25, 0.3) is 0 Å². The average Bonchev–Trinajstić information content (AvgIpc) is 3.48. The Kier molecular flexibility index (Phi) is 7.24. The SMILES string of the molecule is Cc1ccc(OCc2nc(C)c(C(=O)NNC(=O)c3ccc(COc4ccccc4)o3)s2)cc1. The maximum atomic E-state index is 12.5. The minimum absolute atomic E-state index is 0.0557. The molecule has 174 valence electrons. The Morgan fingerprint density at radius 3 is 2.29 bits per heavy atom. The number of nitrogens with one attached hydrogen (secondary N) is 2. The number of aromatic nitrogens is 1. The smallest absolute Gasteiger partial charge is 0.305 e. The topological polar surface area (TPSA) is 103 Å². The highest BCUT2D eigenvalue weighted by molar-refractivity contribution is 7.13. The van der Waals surface area contributed by atoms with E-state index in [1.165, 1.54) is 17.4 Å². The zero-order valence-corrected chi connectivity index (χ0v) is 19.5. The van der Waals surface area contributed by atoms with Crippen LogP contribution in [0.4, 0.5) is 0 Å². The fraction of sp³-hybridized carbons (Fsp3) is 0.160. The summed E-state index contributed by atoms with van der Waals surface area (Å²) in [6.45, 7) is 4.16. The summed E-state index contributed by atoms with van der Waals surface area (Å²) in [7, 11) is 0. The summed E-state index contributed by atoms with van der Waals surface area (Å²) in [5, 5.41) is 0.656. The Bertz CT molecular complexity index is 1270. The van der Waals surface area contributed by atoms with Crippen LogP contribution in [0.2, 0.25) is 0 Å². The molecule has 0 aliphatic rings. The van der Waals surface area contributed by atoms with Crippen molar-refractivity contribution >= 4 is 23.2 Å². The van der Waals surface area contributed by atoms with E-state index in [9.17, 15) is 9.59 Å². The van der Waals surface area contributed by atoms with E-state index in [2.05, 4.69) is 15.8 Å². The van der Waals surface area contributed by atoms with E-state index in [1.54, 1.807) is 13.0 Å². The first kappa shape index (κ1) is 23.1. The first-order valence-corrected chi connectivity index (χ1v) is 11.3. The van der Waals surface area contributed by atoms with Gasteiger partial charge in [-0.05, 0) is 50.2 Å². The van der Waals surface area contributed by atoms with Crippen molar-refractivity contribution < 1.29 is 23.5 Å². The summed E-state index contributed by atoms with van der Waals surface area (Å²) in [5.41, 5.74) is 6.45. The van der Waals surface area contributed by atoms with Crippen LogP contribution in [-0.4, -0.2) is 16.8 Å². The minimum Gasteiger partial charge on any atom is -0.486 e. The van der Waals surface area contributed by atoms with Crippen molar-refractivity contribution in [3.8, 4) is 11.5 Å². The molecular formula is C25H23N3O5S. The van der Waals surface area contributed by atoms with Gasteiger partial charge in [0.2, 0.25) is 0 Å². The number of carbonyl (C=O) groups is 2. The lowest BCUT2D eigenvalue weighted by Crippen LogP contribution is -2.41. The third-order valence-corrected chi connectivity index (χ3v) is 5.86. The quantitative estimate of drug-likeness (QED) is 0.360. The molecule has 0 bridgehead atoms. The molecule has 0 atom stereocenters. The Labute approximate surface area is 200 Å². The summed E-state index contributed by atoms with van der Waals surface area (Å²) in [5.74, 6) is 0.912.